The van der Waals surface area contributed by atoms with Gasteiger partial charge < -0.3 is 14.2 Å². The molecule has 0 saturated carbocycles. The minimum Gasteiger partial charge on any atom is -0.383 e. The van der Waals surface area contributed by atoms with E-state index in [-0.39, 0.29) is 5.91 Å². The van der Waals surface area contributed by atoms with Crippen molar-refractivity contribution in [2.75, 3.05) is 26.5 Å². The van der Waals surface area contributed by atoms with E-state index in [0.29, 0.717) is 30.5 Å². The van der Waals surface area contributed by atoms with Gasteiger partial charge in [0.1, 0.15) is 0 Å². The van der Waals surface area contributed by atoms with Crippen molar-refractivity contribution in [1.29, 1.82) is 0 Å². The minimum atomic E-state index is 0.0623. The third kappa shape index (κ3) is 5.03. The van der Waals surface area contributed by atoms with Crippen LogP contribution >= 0.6 is 23.4 Å². The van der Waals surface area contributed by atoms with Gasteiger partial charge >= 0.3 is 0 Å². The van der Waals surface area contributed by atoms with E-state index in [1.54, 1.807) is 12.0 Å². The summed E-state index contributed by atoms with van der Waals surface area (Å²) in [6.07, 6.45) is 0. The lowest BCUT2D eigenvalue weighted by Gasteiger charge is -2.17. The molecule has 0 unspecified atom stereocenters. The summed E-state index contributed by atoms with van der Waals surface area (Å²) < 4.78 is 7.29. The Bertz CT molecular complexity index is 914. The predicted molar refractivity (Wildman–Crippen MR) is 110 cm³/mol. The van der Waals surface area contributed by atoms with Crippen LogP contribution in [0, 0.1) is 0 Å². The van der Waals surface area contributed by atoms with E-state index in [1.807, 2.05) is 55.6 Å². The Morgan fingerprint density at radius 3 is 2.78 bits per heavy atom. The molecule has 5 nitrogen and oxygen atoms in total. The van der Waals surface area contributed by atoms with Gasteiger partial charge in [0, 0.05) is 32.3 Å². The first-order valence-corrected chi connectivity index (χ1v) is 10.00. The number of nitrogens with zero attached hydrogens (tertiary/aromatic N) is 3. The van der Waals surface area contributed by atoms with Crippen LogP contribution in [-0.2, 0) is 22.6 Å². The lowest BCUT2D eigenvalue weighted by atomic mass is 10.2. The number of carbonyl (C=O) groups is 1. The monoisotopic (exact) mass is 403 g/mol. The lowest BCUT2D eigenvalue weighted by Crippen LogP contribution is -2.27. The third-order valence-electron chi connectivity index (χ3n) is 4.21. The van der Waals surface area contributed by atoms with E-state index in [9.17, 15) is 4.79 Å². The second-order valence-corrected chi connectivity index (χ2v) is 7.57. The third-order valence-corrected chi connectivity index (χ3v) is 5.40. The van der Waals surface area contributed by atoms with E-state index in [4.69, 9.17) is 16.3 Å². The molecule has 0 aliphatic carbocycles. The molecule has 7 heteroatoms. The molecule has 0 spiro atoms. The van der Waals surface area contributed by atoms with Crippen LogP contribution in [0.25, 0.3) is 11.0 Å². The van der Waals surface area contributed by atoms with Gasteiger partial charge in [-0.1, -0.05) is 53.7 Å². The van der Waals surface area contributed by atoms with Crippen LogP contribution in [0.4, 0.5) is 0 Å². The van der Waals surface area contributed by atoms with Gasteiger partial charge in [-0.05, 0) is 23.8 Å². The van der Waals surface area contributed by atoms with Gasteiger partial charge in [0.2, 0.25) is 5.91 Å². The maximum absolute atomic E-state index is 12.5. The quantitative estimate of drug-likeness (QED) is 0.531. The number of halogens is 1. The van der Waals surface area contributed by atoms with Crippen molar-refractivity contribution in [3.63, 3.8) is 0 Å². The van der Waals surface area contributed by atoms with Crippen molar-refractivity contribution in [2.45, 2.75) is 18.2 Å². The molecule has 0 saturated heterocycles. The standard InChI is InChI=1S/C20H22ClN3O2S/c1-23(13-15-6-4-3-5-7-15)19(25)14-27-20-22-17-12-16(21)8-9-18(17)24(20)10-11-26-2/h3-9,12H,10-11,13-14H2,1-2H3. The Kier molecular flexibility index (Phi) is 6.77. The number of hydrogen-bond acceptors (Lipinski definition) is 4. The Hall–Kier alpha value is -2.02. The minimum absolute atomic E-state index is 0.0623. The highest BCUT2D eigenvalue weighted by Gasteiger charge is 2.15. The summed E-state index contributed by atoms with van der Waals surface area (Å²) in [5, 5.41) is 1.44. The van der Waals surface area contributed by atoms with E-state index in [2.05, 4.69) is 9.55 Å². The molecule has 142 valence electrons. The molecular weight excluding hydrogens is 382 g/mol. The molecule has 1 heterocycles. The number of rotatable bonds is 8. The van der Waals surface area contributed by atoms with Crippen molar-refractivity contribution in [1.82, 2.24) is 14.5 Å². The van der Waals surface area contributed by atoms with Gasteiger partial charge in [-0.15, -0.1) is 0 Å². The largest absolute Gasteiger partial charge is 0.383 e. The molecule has 1 amide bonds. The first kappa shape index (κ1) is 19.7. The number of fused-ring (bicyclic) bond motifs is 1. The van der Waals surface area contributed by atoms with Gasteiger partial charge in [-0.25, -0.2) is 4.98 Å². The van der Waals surface area contributed by atoms with Crippen LogP contribution in [0.2, 0.25) is 5.02 Å². The SMILES string of the molecule is COCCn1c(SCC(=O)N(C)Cc2ccccc2)nc2cc(Cl)ccc21. The molecule has 0 fully saturated rings. The lowest BCUT2D eigenvalue weighted by molar-refractivity contribution is -0.127. The van der Waals surface area contributed by atoms with Gasteiger partial charge in [0.15, 0.2) is 5.16 Å². The maximum Gasteiger partial charge on any atom is 0.233 e. The van der Waals surface area contributed by atoms with Crippen LogP contribution < -0.4 is 0 Å². The summed E-state index contributed by atoms with van der Waals surface area (Å²) in [6, 6.07) is 15.6. The van der Waals surface area contributed by atoms with Crippen LogP contribution in [0.5, 0.6) is 0 Å². The van der Waals surface area contributed by atoms with Crippen molar-refractivity contribution in [2.24, 2.45) is 0 Å². The number of hydrogen-bond donors (Lipinski definition) is 0. The Balaban J connectivity index is 1.70. The molecule has 1 aromatic heterocycles. The fourth-order valence-corrected chi connectivity index (χ4v) is 3.92. The van der Waals surface area contributed by atoms with Crippen LogP contribution in [0.1, 0.15) is 5.56 Å². The van der Waals surface area contributed by atoms with Crippen LogP contribution in [0.3, 0.4) is 0 Å². The van der Waals surface area contributed by atoms with E-state index >= 15 is 0 Å². The zero-order valence-electron chi connectivity index (χ0n) is 15.4. The Morgan fingerprint density at radius 1 is 1.26 bits per heavy atom. The summed E-state index contributed by atoms with van der Waals surface area (Å²) in [5.41, 5.74) is 2.93. The number of ether oxygens (including phenoxy) is 1. The number of imidazole rings is 1. The molecule has 0 aliphatic rings. The molecule has 3 rings (SSSR count). The highest BCUT2D eigenvalue weighted by atomic mass is 35.5. The van der Waals surface area contributed by atoms with E-state index < -0.39 is 0 Å². The molecule has 2 aromatic carbocycles. The molecule has 0 N–H and O–H groups in total. The number of benzene rings is 2. The smallest absolute Gasteiger partial charge is 0.233 e. The molecule has 0 atom stereocenters. The summed E-state index contributed by atoms with van der Waals surface area (Å²) in [7, 11) is 3.49. The Labute approximate surface area is 168 Å². The Morgan fingerprint density at radius 2 is 2.04 bits per heavy atom. The zero-order valence-corrected chi connectivity index (χ0v) is 17.0. The highest BCUT2D eigenvalue weighted by molar-refractivity contribution is 7.99. The van der Waals surface area contributed by atoms with Gasteiger partial charge in [-0.3, -0.25) is 4.79 Å². The highest BCUT2D eigenvalue weighted by Crippen LogP contribution is 2.26. The molecule has 3 aromatic rings. The normalized spacial score (nSPS) is 11.1. The molecule has 27 heavy (non-hydrogen) atoms. The fourth-order valence-electron chi connectivity index (χ4n) is 2.77. The van der Waals surface area contributed by atoms with Gasteiger partial charge in [0.05, 0.1) is 23.4 Å². The average Bonchev–Trinajstić information content (AvgIpc) is 3.01. The van der Waals surface area contributed by atoms with E-state index in [1.165, 1.54) is 11.8 Å². The molecule has 0 aliphatic heterocycles. The first-order valence-electron chi connectivity index (χ1n) is 8.64. The molecule has 0 bridgehead atoms. The van der Waals surface area contributed by atoms with Crippen LogP contribution in [0.15, 0.2) is 53.7 Å². The predicted octanol–water partition coefficient (Wildman–Crippen LogP) is 4.09. The van der Waals surface area contributed by atoms with E-state index in [0.717, 1.165) is 21.8 Å². The summed E-state index contributed by atoms with van der Waals surface area (Å²) in [5.74, 6) is 0.389. The molecule has 0 radical (unpaired) electrons. The number of aromatic nitrogens is 2. The van der Waals surface area contributed by atoms with Crippen molar-refractivity contribution < 1.29 is 9.53 Å². The molecular formula is C20H22ClN3O2S. The van der Waals surface area contributed by atoms with Gasteiger partial charge in [0.25, 0.3) is 0 Å². The number of amides is 1. The maximum atomic E-state index is 12.5. The number of carbonyl (C=O) groups excluding carboxylic acids is 1. The second-order valence-electron chi connectivity index (χ2n) is 6.20. The van der Waals surface area contributed by atoms with Crippen LogP contribution in [-0.4, -0.2) is 46.9 Å². The average molecular weight is 404 g/mol. The van der Waals surface area contributed by atoms with Crippen molar-refractivity contribution >= 4 is 40.3 Å². The summed E-state index contributed by atoms with van der Waals surface area (Å²) >= 11 is 7.53. The number of methoxy groups -OCH3 is 1. The van der Waals surface area contributed by atoms with Gasteiger partial charge in [-0.2, -0.15) is 0 Å². The summed E-state index contributed by atoms with van der Waals surface area (Å²) in [6.45, 7) is 1.84. The summed E-state index contributed by atoms with van der Waals surface area (Å²) in [4.78, 5) is 18.9. The fraction of sp³-hybridized carbons (Fsp3) is 0.300. The van der Waals surface area contributed by atoms with Crippen molar-refractivity contribution in [3.05, 3.63) is 59.1 Å². The topological polar surface area (TPSA) is 47.4 Å². The first-order chi connectivity index (χ1) is 13.1. The van der Waals surface area contributed by atoms with Crippen molar-refractivity contribution in [3.8, 4) is 0 Å². The zero-order chi connectivity index (χ0) is 19.2. The number of thioether (sulfide) groups is 1. The second kappa shape index (κ2) is 9.26.